The van der Waals surface area contributed by atoms with Crippen LogP contribution in [-0.4, -0.2) is 71.8 Å². The zero-order chi connectivity index (χ0) is 29.4. The highest BCUT2D eigenvalue weighted by Crippen LogP contribution is 2.54. The molecule has 1 aromatic rings. The van der Waals surface area contributed by atoms with Gasteiger partial charge in [-0.25, -0.2) is 8.78 Å². The summed E-state index contributed by atoms with van der Waals surface area (Å²) in [5.74, 6) is -2.25. The maximum atomic E-state index is 16.4. The Hall–Kier alpha value is -2.95. The average molecular weight is 582 g/mol. The molecule has 1 aromatic carbocycles. The number of halogens is 5. The molecule has 2 heterocycles. The van der Waals surface area contributed by atoms with E-state index in [0.29, 0.717) is 32.2 Å². The second-order valence-corrected chi connectivity index (χ2v) is 11.8. The van der Waals surface area contributed by atoms with Crippen LogP contribution >= 0.6 is 0 Å². The van der Waals surface area contributed by atoms with Gasteiger partial charge in [0.05, 0.1) is 5.41 Å². The van der Waals surface area contributed by atoms with Gasteiger partial charge in [-0.3, -0.25) is 14.5 Å². The summed E-state index contributed by atoms with van der Waals surface area (Å²) in [5, 5.41) is 0. The Kier molecular flexibility index (Phi) is 8.20. The fourth-order valence-electron chi connectivity index (χ4n) is 6.65. The summed E-state index contributed by atoms with van der Waals surface area (Å²) < 4.78 is 79.1. The van der Waals surface area contributed by atoms with Gasteiger partial charge in [0.2, 0.25) is 11.6 Å². The lowest BCUT2D eigenvalue weighted by Crippen LogP contribution is -2.56. The van der Waals surface area contributed by atoms with Gasteiger partial charge in [0.15, 0.2) is 0 Å². The van der Waals surface area contributed by atoms with E-state index in [0.717, 1.165) is 23.8 Å². The van der Waals surface area contributed by atoms with E-state index in [1.54, 1.807) is 6.08 Å². The zero-order valence-electron chi connectivity index (χ0n) is 22.9. The maximum Gasteiger partial charge on any atom is 0.395 e. The number of hydrogen-bond donors (Lipinski definition) is 1. The van der Waals surface area contributed by atoms with Crippen LogP contribution in [0.4, 0.5) is 22.0 Å². The standard InChI is InChI=1S/C30H36F5N3O3/c31-24-17-21(41-18-20-7-2-4-15-37(20)19-28(12-6-13-28)30(33,34)35)10-11-22(24)23-8-1-3-14-29(23,32)27(40)38-16-5-9-25(38)26(36)39/h1,3,8,10-11,17,20,25H,2,4-7,9,12-16,18-19H2,(H2,36,39)/t20?,25-,29?/m0/s1. The Morgan fingerprint density at radius 2 is 1.85 bits per heavy atom. The fourth-order valence-corrected chi connectivity index (χ4v) is 6.65. The monoisotopic (exact) mass is 581 g/mol. The van der Waals surface area contributed by atoms with E-state index in [-0.39, 0.29) is 61.9 Å². The third-order valence-electron chi connectivity index (χ3n) is 9.25. The first kappa shape index (κ1) is 29.5. The van der Waals surface area contributed by atoms with Gasteiger partial charge >= 0.3 is 6.18 Å². The van der Waals surface area contributed by atoms with Gasteiger partial charge in [0.25, 0.3) is 5.91 Å². The number of alkyl halides is 4. The number of primary amides is 1. The SMILES string of the molecule is NC(=O)[C@@H]1CCCN1C(=O)C1(F)CC=CC=C1c1ccc(OCC2CCCCN2CC2(C(F)(F)F)CCC2)cc1F. The normalized spacial score (nSPS) is 28.2. The largest absolute Gasteiger partial charge is 0.492 e. The molecule has 41 heavy (non-hydrogen) atoms. The number of piperidine rings is 1. The van der Waals surface area contributed by atoms with Gasteiger partial charge in [0.1, 0.15) is 24.2 Å². The summed E-state index contributed by atoms with van der Waals surface area (Å²) in [7, 11) is 0. The number of allylic oxidation sites excluding steroid dienone is 3. The fraction of sp³-hybridized carbons (Fsp3) is 0.600. The second kappa shape index (κ2) is 11.4. The minimum absolute atomic E-state index is 0.0558. The van der Waals surface area contributed by atoms with Gasteiger partial charge in [-0.2, -0.15) is 13.2 Å². The summed E-state index contributed by atoms with van der Waals surface area (Å²) in [6.07, 6.45) is 3.90. The van der Waals surface area contributed by atoms with Crippen LogP contribution in [0.15, 0.2) is 36.4 Å². The minimum atomic E-state index is -4.25. The molecule has 2 amide bonds. The van der Waals surface area contributed by atoms with Crippen LogP contribution in [0.2, 0.25) is 0 Å². The number of carbonyl (C=O) groups is 2. The molecule has 3 atom stereocenters. The number of ether oxygens (including phenoxy) is 1. The summed E-state index contributed by atoms with van der Waals surface area (Å²) in [5.41, 5.74) is 0.924. The molecular weight excluding hydrogens is 545 g/mol. The third-order valence-corrected chi connectivity index (χ3v) is 9.25. The first-order valence-electron chi connectivity index (χ1n) is 14.4. The van der Waals surface area contributed by atoms with E-state index in [9.17, 15) is 22.8 Å². The van der Waals surface area contributed by atoms with Crippen LogP contribution in [0.5, 0.6) is 5.75 Å². The lowest BCUT2D eigenvalue weighted by atomic mass is 9.67. The van der Waals surface area contributed by atoms with Crippen LogP contribution in [-0.2, 0) is 9.59 Å². The third kappa shape index (κ3) is 5.61. The van der Waals surface area contributed by atoms with E-state index >= 15 is 8.78 Å². The van der Waals surface area contributed by atoms with Crippen LogP contribution in [0.25, 0.3) is 5.57 Å². The molecule has 0 spiro atoms. The predicted octanol–water partition coefficient (Wildman–Crippen LogP) is 5.32. The smallest absolute Gasteiger partial charge is 0.395 e. The number of carbonyl (C=O) groups excluding carboxylic acids is 2. The molecule has 0 bridgehead atoms. The second-order valence-electron chi connectivity index (χ2n) is 11.8. The maximum absolute atomic E-state index is 16.4. The Bertz CT molecular complexity index is 1230. The van der Waals surface area contributed by atoms with Crippen LogP contribution < -0.4 is 10.5 Å². The van der Waals surface area contributed by atoms with E-state index < -0.39 is 40.9 Å². The molecule has 2 N–H and O–H groups in total. The van der Waals surface area contributed by atoms with Crippen molar-refractivity contribution in [3.63, 3.8) is 0 Å². The van der Waals surface area contributed by atoms with E-state index in [1.165, 1.54) is 24.3 Å². The molecule has 2 saturated heterocycles. The van der Waals surface area contributed by atoms with Gasteiger partial charge in [-0.1, -0.05) is 31.1 Å². The van der Waals surface area contributed by atoms with Crippen LogP contribution in [0.1, 0.15) is 63.4 Å². The Morgan fingerprint density at radius 3 is 2.51 bits per heavy atom. The lowest BCUT2D eigenvalue weighted by Gasteiger charge is -2.48. The predicted molar refractivity (Wildman–Crippen MR) is 143 cm³/mol. The summed E-state index contributed by atoms with van der Waals surface area (Å²) >= 11 is 0. The molecule has 2 aliphatic carbocycles. The molecular formula is C30H36F5N3O3. The summed E-state index contributed by atoms with van der Waals surface area (Å²) in [6.45, 7) is 0.792. The minimum Gasteiger partial charge on any atom is -0.492 e. The molecule has 0 radical (unpaired) electrons. The quantitative estimate of drug-likeness (QED) is 0.422. The number of benzene rings is 1. The summed E-state index contributed by atoms with van der Waals surface area (Å²) in [6, 6.07) is 2.79. The molecule has 2 aliphatic heterocycles. The first-order chi connectivity index (χ1) is 19.4. The lowest BCUT2D eigenvalue weighted by molar-refractivity contribution is -0.258. The number of amides is 2. The van der Waals surface area contributed by atoms with Crippen LogP contribution in [0.3, 0.4) is 0 Å². The molecule has 4 aliphatic rings. The number of likely N-dealkylation sites (tertiary alicyclic amines) is 2. The molecule has 6 nitrogen and oxygen atoms in total. The van der Waals surface area contributed by atoms with Gasteiger partial charge in [-0.05, 0) is 57.2 Å². The molecule has 224 valence electrons. The van der Waals surface area contributed by atoms with Crippen LogP contribution in [0, 0.1) is 11.2 Å². The number of nitrogens with two attached hydrogens (primary N) is 1. The van der Waals surface area contributed by atoms with Crippen molar-refractivity contribution in [3.8, 4) is 5.75 Å². The molecule has 11 heteroatoms. The van der Waals surface area contributed by atoms with Crippen molar-refractivity contribution in [1.29, 1.82) is 0 Å². The zero-order valence-corrected chi connectivity index (χ0v) is 22.9. The van der Waals surface area contributed by atoms with Crippen molar-refractivity contribution in [2.45, 2.75) is 81.7 Å². The molecule has 0 aromatic heterocycles. The Balaban J connectivity index is 1.29. The highest BCUT2D eigenvalue weighted by molar-refractivity contribution is 6.02. The number of rotatable bonds is 8. The molecule has 5 rings (SSSR count). The van der Waals surface area contributed by atoms with Gasteiger partial charge in [0, 0.05) is 42.8 Å². The average Bonchev–Trinajstić information content (AvgIpc) is 3.40. The van der Waals surface area contributed by atoms with E-state index in [2.05, 4.69) is 0 Å². The van der Waals surface area contributed by atoms with Crippen molar-refractivity contribution >= 4 is 17.4 Å². The molecule has 3 fully saturated rings. The number of nitrogens with zero attached hydrogens (tertiary/aromatic N) is 2. The Labute approximate surface area is 236 Å². The topological polar surface area (TPSA) is 75.9 Å². The highest BCUT2D eigenvalue weighted by atomic mass is 19.4. The first-order valence-corrected chi connectivity index (χ1v) is 14.4. The van der Waals surface area contributed by atoms with Crippen molar-refractivity contribution < 1.29 is 36.3 Å². The van der Waals surface area contributed by atoms with Crippen molar-refractivity contribution in [3.05, 3.63) is 47.8 Å². The van der Waals surface area contributed by atoms with E-state index in [1.807, 2.05) is 4.90 Å². The van der Waals surface area contributed by atoms with Crippen molar-refractivity contribution in [2.24, 2.45) is 11.1 Å². The Morgan fingerprint density at radius 1 is 1.07 bits per heavy atom. The molecule has 1 saturated carbocycles. The number of hydrogen-bond acceptors (Lipinski definition) is 4. The van der Waals surface area contributed by atoms with Crippen molar-refractivity contribution in [1.82, 2.24) is 9.80 Å². The van der Waals surface area contributed by atoms with E-state index in [4.69, 9.17) is 10.5 Å². The van der Waals surface area contributed by atoms with Gasteiger partial charge in [-0.15, -0.1) is 0 Å². The highest BCUT2D eigenvalue weighted by Gasteiger charge is 2.59. The van der Waals surface area contributed by atoms with Crippen molar-refractivity contribution in [2.75, 3.05) is 26.2 Å². The summed E-state index contributed by atoms with van der Waals surface area (Å²) in [4.78, 5) is 28.2. The molecule has 2 unspecified atom stereocenters. The van der Waals surface area contributed by atoms with Gasteiger partial charge < -0.3 is 15.4 Å².